The molecular formula is C18H28N4O. The highest BCUT2D eigenvalue weighted by Gasteiger charge is 2.12. The molecular weight excluding hydrogens is 288 g/mol. The lowest BCUT2D eigenvalue weighted by atomic mass is 9.97. The normalized spacial score (nSPS) is 15.7. The van der Waals surface area contributed by atoms with Crippen molar-refractivity contribution in [2.75, 3.05) is 11.9 Å². The van der Waals surface area contributed by atoms with Gasteiger partial charge < -0.3 is 10.6 Å². The maximum atomic E-state index is 12.3. The molecule has 5 nitrogen and oxygen atoms in total. The van der Waals surface area contributed by atoms with Gasteiger partial charge in [0.05, 0.1) is 0 Å². The number of aryl methyl sites for hydroxylation is 1. The number of carbonyl (C=O) groups excluding carboxylic acids is 1. The van der Waals surface area contributed by atoms with E-state index in [1.807, 2.05) is 6.92 Å². The number of allylic oxidation sites excluding steroid dienone is 1. The first-order valence-electron chi connectivity index (χ1n) is 8.66. The van der Waals surface area contributed by atoms with Crippen molar-refractivity contribution in [3.63, 3.8) is 0 Å². The SMILES string of the molecule is CCC(C)Nc1cc(C(=O)NCCC2=CCCCC2)nc(C)n1. The predicted octanol–water partition coefficient (Wildman–Crippen LogP) is 3.62. The zero-order valence-electron chi connectivity index (χ0n) is 14.5. The number of amides is 1. The Labute approximate surface area is 139 Å². The molecule has 1 aromatic rings. The van der Waals surface area contributed by atoms with Crippen LogP contribution in [0.15, 0.2) is 17.7 Å². The van der Waals surface area contributed by atoms with Gasteiger partial charge in [0.15, 0.2) is 0 Å². The smallest absolute Gasteiger partial charge is 0.270 e. The Morgan fingerprint density at radius 3 is 2.87 bits per heavy atom. The Morgan fingerprint density at radius 2 is 2.17 bits per heavy atom. The zero-order valence-corrected chi connectivity index (χ0v) is 14.5. The number of carbonyl (C=O) groups is 1. The molecule has 1 aliphatic rings. The first-order chi connectivity index (χ1) is 11.1. The summed E-state index contributed by atoms with van der Waals surface area (Å²) in [6.07, 6.45) is 9.17. The zero-order chi connectivity index (χ0) is 16.7. The molecule has 0 saturated carbocycles. The van der Waals surface area contributed by atoms with Gasteiger partial charge in [-0.05, 0) is 52.4 Å². The van der Waals surface area contributed by atoms with Crippen LogP contribution >= 0.6 is 0 Å². The van der Waals surface area contributed by atoms with Crippen LogP contribution < -0.4 is 10.6 Å². The van der Waals surface area contributed by atoms with Crippen LogP contribution in [0.1, 0.15) is 68.7 Å². The molecule has 2 rings (SSSR count). The highest BCUT2D eigenvalue weighted by Crippen LogP contribution is 2.19. The van der Waals surface area contributed by atoms with Gasteiger partial charge in [-0.3, -0.25) is 4.79 Å². The fraction of sp³-hybridized carbons (Fsp3) is 0.611. The van der Waals surface area contributed by atoms with Gasteiger partial charge in [0.2, 0.25) is 0 Å². The quantitative estimate of drug-likeness (QED) is 0.754. The summed E-state index contributed by atoms with van der Waals surface area (Å²) >= 11 is 0. The number of nitrogens with one attached hydrogen (secondary N) is 2. The Morgan fingerprint density at radius 1 is 1.35 bits per heavy atom. The maximum Gasteiger partial charge on any atom is 0.270 e. The van der Waals surface area contributed by atoms with E-state index in [1.54, 1.807) is 6.07 Å². The van der Waals surface area contributed by atoms with Gasteiger partial charge >= 0.3 is 0 Å². The van der Waals surface area contributed by atoms with E-state index in [2.05, 4.69) is 40.5 Å². The van der Waals surface area contributed by atoms with Gasteiger partial charge in [-0.1, -0.05) is 18.6 Å². The fourth-order valence-corrected chi connectivity index (χ4v) is 2.67. The average Bonchev–Trinajstić information content (AvgIpc) is 2.55. The van der Waals surface area contributed by atoms with Crippen molar-refractivity contribution in [3.8, 4) is 0 Å². The number of hydrogen-bond donors (Lipinski definition) is 2. The van der Waals surface area contributed by atoms with Crippen LogP contribution in [0.2, 0.25) is 0 Å². The first kappa shape index (κ1) is 17.4. The summed E-state index contributed by atoms with van der Waals surface area (Å²) in [6.45, 7) is 6.68. The van der Waals surface area contributed by atoms with Gasteiger partial charge in [-0.2, -0.15) is 0 Å². The van der Waals surface area contributed by atoms with E-state index in [0.717, 1.165) is 12.8 Å². The summed E-state index contributed by atoms with van der Waals surface area (Å²) < 4.78 is 0. The number of aromatic nitrogens is 2. The average molecular weight is 316 g/mol. The van der Waals surface area contributed by atoms with E-state index in [0.29, 0.717) is 29.9 Å². The van der Waals surface area contributed by atoms with Crippen LogP contribution in [-0.2, 0) is 0 Å². The Balaban J connectivity index is 1.91. The summed E-state index contributed by atoms with van der Waals surface area (Å²) in [5, 5.41) is 6.27. The molecule has 0 spiro atoms. The standard InChI is InChI=1S/C18H28N4O/c1-4-13(2)20-17-12-16(21-14(3)22-17)18(23)19-11-10-15-8-6-5-7-9-15/h8,12-13H,4-7,9-11H2,1-3H3,(H,19,23)(H,20,21,22). The first-order valence-corrected chi connectivity index (χ1v) is 8.66. The Hall–Kier alpha value is -1.91. The number of rotatable bonds is 7. The molecule has 1 amide bonds. The van der Waals surface area contributed by atoms with E-state index in [9.17, 15) is 4.79 Å². The molecule has 1 aromatic heterocycles. The molecule has 1 unspecified atom stereocenters. The minimum Gasteiger partial charge on any atom is -0.368 e. The molecule has 0 bridgehead atoms. The fourth-order valence-electron chi connectivity index (χ4n) is 2.67. The molecule has 0 aromatic carbocycles. The molecule has 1 atom stereocenters. The minimum absolute atomic E-state index is 0.126. The monoisotopic (exact) mass is 316 g/mol. The molecule has 2 N–H and O–H groups in total. The van der Waals surface area contributed by atoms with Crippen LogP contribution in [0.4, 0.5) is 5.82 Å². The maximum absolute atomic E-state index is 12.3. The Bertz CT molecular complexity index is 568. The molecule has 5 heteroatoms. The minimum atomic E-state index is -0.126. The third-order valence-electron chi connectivity index (χ3n) is 4.19. The van der Waals surface area contributed by atoms with E-state index >= 15 is 0 Å². The highest BCUT2D eigenvalue weighted by atomic mass is 16.1. The number of hydrogen-bond acceptors (Lipinski definition) is 4. The van der Waals surface area contributed by atoms with Crippen molar-refractivity contribution in [3.05, 3.63) is 29.2 Å². The molecule has 0 saturated heterocycles. The number of anilines is 1. The van der Waals surface area contributed by atoms with Crippen LogP contribution in [0.3, 0.4) is 0 Å². The lowest BCUT2D eigenvalue weighted by Crippen LogP contribution is -2.26. The molecule has 126 valence electrons. The van der Waals surface area contributed by atoms with E-state index in [1.165, 1.54) is 31.3 Å². The summed E-state index contributed by atoms with van der Waals surface area (Å²) in [7, 11) is 0. The van der Waals surface area contributed by atoms with E-state index in [4.69, 9.17) is 0 Å². The van der Waals surface area contributed by atoms with Gasteiger partial charge in [0, 0.05) is 18.7 Å². The third kappa shape index (κ3) is 5.66. The molecule has 0 radical (unpaired) electrons. The van der Waals surface area contributed by atoms with Gasteiger partial charge in [-0.15, -0.1) is 0 Å². The molecule has 0 fully saturated rings. The van der Waals surface area contributed by atoms with Crippen LogP contribution in [0, 0.1) is 6.92 Å². The summed E-state index contributed by atoms with van der Waals surface area (Å²) in [5.74, 6) is 1.20. The van der Waals surface area contributed by atoms with E-state index in [-0.39, 0.29) is 5.91 Å². The van der Waals surface area contributed by atoms with Crippen LogP contribution in [-0.4, -0.2) is 28.5 Å². The van der Waals surface area contributed by atoms with Crippen LogP contribution in [0.5, 0.6) is 0 Å². The van der Waals surface area contributed by atoms with E-state index < -0.39 is 0 Å². The lowest BCUT2D eigenvalue weighted by molar-refractivity contribution is 0.0948. The largest absolute Gasteiger partial charge is 0.368 e. The van der Waals surface area contributed by atoms with Crippen molar-refractivity contribution < 1.29 is 4.79 Å². The molecule has 1 aliphatic carbocycles. The Kier molecular flexibility index (Phi) is 6.56. The molecule has 23 heavy (non-hydrogen) atoms. The highest BCUT2D eigenvalue weighted by molar-refractivity contribution is 5.92. The van der Waals surface area contributed by atoms with Crippen molar-refractivity contribution in [1.82, 2.24) is 15.3 Å². The second-order valence-electron chi connectivity index (χ2n) is 6.25. The summed E-state index contributed by atoms with van der Waals surface area (Å²) in [4.78, 5) is 20.9. The van der Waals surface area contributed by atoms with Crippen molar-refractivity contribution in [1.29, 1.82) is 0 Å². The lowest BCUT2D eigenvalue weighted by Gasteiger charge is -2.14. The predicted molar refractivity (Wildman–Crippen MR) is 93.6 cm³/mol. The summed E-state index contributed by atoms with van der Waals surface area (Å²) in [6, 6.07) is 2.05. The van der Waals surface area contributed by atoms with Crippen LogP contribution in [0.25, 0.3) is 0 Å². The van der Waals surface area contributed by atoms with Gasteiger partial charge in [-0.25, -0.2) is 9.97 Å². The summed E-state index contributed by atoms with van der Waals surface area (Å²) in [5.41, 5.74) is 1.90. The van der Waals surface area contributed by atoms with Crippen molar-refractivity contribution in [2.24, 2.45) is 0 Å². The van der Waals surface area contributed by atoms with Crippen molar-refractivity contribution >= 4 is 11.7 Å². The third-order valence-corrected chi connectivity index (χ3v) is 4.19. The molecule has 0 aliphatic heterocycles. The second-order valence-corrected chi connectivity index (χ2v) is 6.25. The topological polar surface area (TPSA) is 66.9 Å². The van der Waals surface area contributed by atoms with Gasteiger partial charge in [0.25, 0.3) is 5.91 Å². The number of nitrogens with zero attached hydrogens (tertiary/aromatic N) is 2. The second kappa shape index (κ2) is 8.65. The van der Waals surface area contributed by atoms with Gasteiger partial charge in [0.1, 0.15) is 17.3 Å². The molecule has 1 heterocycles. The van der Waals surface area contributed by atoms with Crippen molar-refractivity contribution in [2.45, 2.75) is 65.3 Å².